The molecule has 116 valence electrons. The van der Waals surface area contributed by atoms with Crippen molar-refractivity contribution in [2.45, 2.75) is 40.2 Å². The van der Waals surface area contributed by atoms with E-state index in [4.69, 9.17) is 9.47 Å². The van der Waals surface area contributed by atoms with E-state index in [1.54, 1.807) is 13.8 Å². The summed E-state index contributed by atoms with van der Waals surface area (Å²) < 4.78 is 10.7. The Morgan fingerprint density at radius 1 is 1.05 bits per heavy atom. The maximum absolute atomic E-state index is 12.0. The van der Waals surface area contributed by atoms with Crippen LogP contribution in [0.1, 0.15) is 45.8 Å². The van der Waals surface area contributed by atoms with Gasteiger partial charge < -0.3 is 9.47 Å². The van der Waals surface area contributed by atoms with E-state index in [9.17, 15) is 9.59 Å². The normalized spacial score (nSPS) is 13.6. The van der Waals surface area contributed by atoms with Crippen molar-refractivity contribution < 1.29 is 19.1 Å². The van der Waals surface area contributed by atoms with Gasteiger partial charge in [-0.1, -0.05) is 58.0 Å². The highest BCUT2D eigenvalue weighted by molar-refractivity contribution is 5.73. The first-order chi connectivity index (χ1) is 9.95. The van der Waals surface area contributed by atoms with Crippen LogP contribution in [0.15, 0.2) is 30.3 Å². The minimum Gasteiger partial charge on any atom is -0.461 e. The average Bonchev–Trinajstić information content (AvgIpc) is 2.50. The SMILES string of the molecule is CCC(C)C(=O)OC(COC(=O)C(C)C)c1ccccc1. The highest BCUT2D eigenvalue weighted by Gasteiger charge is 2.22. The molecule has 0 fully saturated rings. The molecule has 0 aliphatic heterocycles. The maximum atomic E-state index is 12.0. The summed E-state index contributed by atoms with van der Waals surface area (Å²) in [6.45, 7) is 7.34. The van der Waals surface area contributed by atoms with Crippen LogP contribution in [0.2, 0.25) is 0 Å². The molecule has 0 aliphatic rings. The molecule has 0 radical (unpaired) electrons. The van der Waals surface area contributed by atoms with Crippen LogP contribution in [-0.4, -0.2) is 18.5 Å². The first-order valence-electron chi connectivity index (χ1n) is 7.37. The van der Waals surface area contributed by atoms with Gasteiger partial charge in [0.1, 0.15) is 6.61 Å². The molecule has 0 saturated heterocycles. The van der Waals surface area contributed by atoms with Crippen molar-refractivity contribution in [2.24, 2.45) is 11.8 Å². The Bertz CT molecular complexity index is 453. The molecule has 1 rings (SSSR count). The van der Waals surface area contributed by atoms with E-state index >= 15 is 0 Å². The van der Waals surface area contributed by atoms with Gasteiger partial charge in [0.15, 0.2) is 6.10 Å². The summed E-state index contributed by atoms with van der Waals surface area (Å²) in [4.78, 5) is 23.6. The fourth-order valence-electron chi connectivity index (χ4n) is 1.61. The van der Waals surface area contributed by atoms with Crippen molar-refractivity contribution in [1.82, 2.24) is 0 Å². The maximum Gasteiger partial charge on any atom is 0.309 e. The molecule has 0 aromatic heterocycles. The van der Waals surface area contributed by atoms with E-state index in [0.29, 0.717) is 6.42 Å². The van der Waals surface area contributed by atoms with Gasteiger partial charge >= 0.3 is 11.9 Å². The van der Waals surface area contributed by atoms with Crippen molar-refractivity contribution in [3.05, 3.63) is 35.9 Å². The molecule has 0 amide bonds. The zero-order chi connectivity index (χ0) is 15.8. The third-order valence-electron chi connectivity index (χ3n) is 3.29. The van der Waals surface area contributed by atoms with E-state index in [2.05, 4.69) is 0 Å². The largest absolute Gasteiger partial charge is 0.461 e. The van der Waals surface area contributed by atoms with Crippen molar-refractivity contribution in [3.63, 3.8) is 0 Å². The standard InChI is InChI=1S/C17H24O4/c1-5-13(4)17(19)21-15(11-20-16(18)12(2)3)14-9-7-6-8-10-14/h6-10,12-13,15H,5,11H2,1-4H3. The lowest BCUT2D eigenvalue weighted by molar-refractivity contribution is -0.164. The number of benzene rings is 1. The van der Waals surface area contributed by atoms with Crippen LogP contribution in [-0.2, 0) is 19.1 Å². The molecule has 0 saturated carbocycles. The Kier molecular flexibility index (Phi) is 6.92. The third kappa shape index (κ3) is 5.58. The van der Waals surface area contributed by atoms with Crippen molar-refractivity contribution in [3.8, 4) is 0 Å². The van der Waals surface area contributed by atoms with Crippen LogP contribution in [0.4, 0.5) is 0 Å². The van der Waals surface area contributed by atoms with Crippen molar-refractivity contribution in [2.75, 3.05) is 6.61 Å². The average molecular weight is 292 g/mol. The Morgan fingerprint density at radius 2 is 1.67 bits per heavy atom. The topological polar surface area (TPSA) is 52.6 Å². The minimum absolute atomic E-state index is 0.0448. The van der Waals surface area contributed by atoms with Gasteiger partial charge in [-0.15, -0.1) is 0 Å². The smallest absolute Gasteiger partial charge is 0.309 e. The summed E-state index contributed by atoms with van der Waals surface area (Å²) in [5, 5.41) is 0. The second-order valence-corrected chi connectivity index (χ2v) is 5.43. The van der Waals surface area contributed by atoms with E-state index in [-0.39, 0.29) is 30.4 Å². The number of esters is 2. The summed E-state index contributed by atoms with van der Waals surface area (Å²) in [5.74, 6) is -0.939. The highest BCUT2D eigenvalue weighted by Crippen LogP contribution is 2.20. The number of carbonyl (C=O) groups excluding carboxylic acids is 2. The number of rotatable bonds is 7. The van der Waals surface area contributed by atoms with E-state index in [1.165, 1.54) is 0 Å². The number of ether oxygens (including phenoxy) is 2. The van der Waals surface area contributed by atoms with Gasteiger partial charge in [-0.2, -0.15) is 0 Å². The molecule has 1 aromatic carbocycles. The minimum atomic E-state index is -0.560. The Balaban J connectivity index is 2.76. The monoisotopic (exact) mass is 292 g/mol. The summed E-state index contributed by atoms with van der Waals surface area (Å²) >= 11 is 0. The van der Waals surface area contributed by atoms with Crippen LogP contribution in [0.3, 0.4) is 0 Å². The van der Waals surface area contributed by atoms with Gasteiger partial charge in [0.2, 0.25) is 0 Å². The van der Waals surface area contributed by atoms with E-state index in [1.807, 2.05) is 44.2 Å². The molecule has 0 bridgehead atoms. The molecule has 2 atom stereocenters. The predicted molar refractivity (Wildman–Crippen MR) is 80.5 cm³/mol. The lowest BCUT2D eigenvalue weighted by atomic mass is 10.1. The quantitative estimate of drug-likeness (QED) is 0.722. The van der Waals surface area contributed by atoms with Crippen LogP contribution in [0.5, 0.6) is 0 Å². The molecule has 0 spiro atoms. The molecular weight excluding hydrogens is 268 g/mol. The molecule has 21 heavy (non-hydrogen) atoms. The molecule has 1 aromatic rings. The van der Waals surface area contributed by atoms with E-state index in [0.717, 1.165) is 5.56 Å². The molecule has 4 heteroatoms. The van der Waals surface area contributed by atoms with E-state index < -0.39 is 6.10 Å². The second kappa shape index (κ2) is 8.45. The van der Waals surface area contributed by atoms with Crippen molar-refractivity contribution in [1.29, 1.82) is 0 Å². The summed E-state index contributed by atoms with van der Waals surface area (Å²) in [6.07, 6.45) is 0.155. The summed E-state index contributed by atoms with van der Waals surface area (Å²) in [6, 6.07) is 9.33. The fourth-order valence-corrected chi connectivity index (χ4v) is 1.61. The van der Waals surface area contributed by atoms with Crippen LogP contribution >= 0.6 is 0 Å². The molecule has 0 aliphatic carbocycles. The van der Waals surface area contributed by atoms with Gasteiger partial charge in [-0.05, 0) is 12.0 Å². The zero-order valence-corrected chi connectivity index (χ0v) is 13.2. The van der Waals surface area contributed by atoms with Crippen LogP contribution in [0.25, 0.3) is 0 Å². The first-order valence-corrected chi connectivity index (χ1v) is 7.37. The zero-order valence-electron chi connectivity index (χ0n) is 13.2. The Morgan fingerprint density at radius 3 is 2.19 bits per heavy atom. The third-order valence-corrected chi connectivity index (χ3v) is 3.29. The Hall–Kier alpha value is -1.84. The van der Waals surface area contributed by atoms with Gasteiger partial charge in [-0.25, -0.2) is 0 Å². The second-order valence-electron chi connectivity index (χ2n) is 5.43. The number of hydrogen-bond donors (Lipinski definition) is 0. The number of carbonyl (C=O) groups is 2. The molecule has 0 heterocycles. The van der Waals surface area contributed by atoms with Crippen LogP contribution < -0.4 is 0 Å². The van der Waals surface area contributed by atoms with Gasteiger partial charge in [0.25, 0.3) is 0 Å². The number of hydrogen-bond acceptors (Lipinski definition) is 4. The first kappa shape index (κ1) is 17.2. The van der Waals surface area contributed by atoms with Crippen molar-refractivity contribution >= 4 is 11.9 Å². The Labute approximate surface area is 126 Å². The highest BCUT2D eigenvalue weighted by atomic mass is 16.6. The predicted octanol–water partition coefficient (Wildman–Crippen LogP) is 3.52. The van der Waals surface area contributed by atoms with Crippen LogP contribution in [0, 0.1) is 11.8 Å². The molecular formula is C17H24O4. The van der Waals surface area contributed by atoms with Gasteiger partial charge in [0, 0.05) is 0 Å². The molecule has 2 unspecified atom stereocenters. The lowest BCUT2D eigenvalue weighted by Crippen LogP contribution is -2.23. The summed E-state index contributed by atoms with van der Waals surface area (Å²) in [7, 11) is 0. The fraction of sp³-hybridized carbons (Fsp3) is 0.529. The summed E-state index contributed by atoms with van der Waals surface area (Å²) in [5.41, 5.74) is 0.825. The van der Waals surface area contributed by atoms with Gasteiger partial charge in [0.05, 0.1) is 11.8 Å². The molecule has 4 nitrogen and oxygen atoms in total. The van der Waals surface area contributed by atoms with Gasteiger partial charge in [-0.3, -0.25) is 9.59 Å². The lowest BCUT2D eigenvalue weighted by Gasteiger charge is -2.20. The molecule has 0 N–H and O–H groups in total.